The van der Waals surface area contributed by atoms with Crippen LogP contribution in [0.5, 0.6) is 0 Å². The summed E-state index contributed by atoms with van der Waals surface area (Å²) < 4.78 is 0. The molecule has 0 fully saturated rings. The van der Waals surface area contributed by atoms with Gasteiger partial charge in [0.05, 0.1) is 5.92 Å². The summed E-state index contributed by atoms with van der Waals surface area (Å²) in [6.45, 7) is 0. The molecule has 0 bridgehead atoms. The van der Waals surface area contributed by atoms with Gasteiger partial charge in [-0.25, -0.2) is 10.1 Å². The Balaban J connectivity index is 4.10. The highest BCUT2D eigenvalue weighted by Crippen LogP contribution is 1.58. The largest absolute Gasteiger partial charge is 0.359 e. The van der Waals surface area contributed by atoms with Crippen molar-refractivity contribution in [2.45, 2.75) is 0 Å². The summed E-state index contributed by atoms with van der Waals surface area (Å²) in [6.07, 6.45) is 0. The zero-order chi connectivity index (χ0) is 9.23. The Bertz CT molecular complexity index is 407. The zero-order valence-electron chi connectivity index (χ0n) is 5.84. The number of hydrogen-bond acceptors (Lipinski definition) is 3. The lowest BCUT2D eigenvalue weighted by Crippen LogP contribution is -1.81. The first-order valence-corrected chi connectivity index (χ1v) is 2.63. The molecule has 0 saturated carbocycles. The van der Waals surface area contributed by atoms with Crippen LogP contribution in [-0.4, -0.2) is 4.92 Å². The molecule has 2 N–H and O–H groups in total. The third kappa shape index (κ3) is 7.44. The standard InChI is InChI=1S/C8H2N2O2/c9-7-5-3-1-2-4-6-8-10(11)12/h9H2. The van der Waals surface area contributed by atoms with Gasteiger partial charge >= 0.3 is 6.04 Å². The topological polar surface area (TPSA) is 69.2 Å². The lowest BCUT2D eigenvalue weighted by Gasteiger charge is -1.62. The molecule has 0 aliphatic rings. The van der Waals surface area contributed by atoms with Crippen molar-refractivity contribution in [3.63, 3.8) is 0 Å². The second-order valence-corrected chi connectivity index (χ2v) is 1.26. The van der Waals surface area contributed by atoms with E-state index in [2.05, 4.69) is 29.6 Å². The molecule has 0 unspecified atom stereocenters. The summed E-state index contributed by atoms with van der Waals surface area (Å²) in [5, 5.41) is 9.62. The Hall–Kier alpha value is -2.56. The molecule has 0 aliphatic heterocycles. The van der Waals surface area contributed by atoms with E-state index in [4.69, 9.17) is 5.73 Å². The van der Waals surface area contributed by atoms with Crippen LogP contribution >= 0.6 is 0 Å². The Kier molecular flexibility index (Phi) is 5.16. The summed E-state index contributed by atoms with van der Waals surface area (Å²) >= 11 is 0. The van der Waals surface area contributed by atoms with Crippen LogP contribution in [0, 0.1) is 57.7 Å². The summed E-state index contributed by atoms with van der Waals surface area (Å²) in [6, 6.07) is 3.65. The molecule has 0 aliphatic carbocycles. The Morgan fingerprint density at radius 2 is 1.50 bits per heavy atom. The average Bonchev–Trinajstić information content (AvgIpc) is 2.02. The van der Waals surface area contributed by atoms with E-state index in [-0.39, 0.29) is 0 Å². The van der Waals surface area contributed by atoms with Crippen LogP contribution in [0.1, 0.15) is 0 Å². The van der Waals surface area contributed by atoms with Crippen LogP contribution in [0.25, 0.3) is 0 Å². The lowest BCUT2D eigenvalue weighted by atomic mass is 10.5. The van der Waals surface area contributed by atoms with Crippen molar-refractivity contribution in [1.82, 2.24) is 0 Å². The van der Waals surface area contributed by atoms with E-state index in [1.807, 2.05) is 12.0 Å². The van der Waals surface area contributed by atoms with Gasteiger partial charge in [0, 0.05) is 35.6 Å². The highest BCUT2D eigenvalue weighted by atomic mass is 16.6. The van der Waals surface area contributed by atoms with Gasteiger partial charge in [0.1, 0.15) is 4.92 Å². The first kappa shape index (κ1) is 9.44. The SMILES string of the molecule is NC#CC#CC#CC#C[N+](=O)[O-]. The van der Waals surface area contributed by atoms with Crippen molar-refractivity contribution in [2.24, 2.45) is 5.73 Å². The molecule has 0 heterocycles. The molecule has 56 valence electrons. The number of nitrogens with zero attached hydrogens (tertiary/aromatic N) is 1. The van der Waals surface area contributed by atoms with E-state index in [9.17, 15) is 10.1 Å². The highest BCUT2D eigenvalue weighted by molar-refractivity contribution is 5.39. The predicted molar refractivity (Wildman–Crippen MR) is 42.3 cm³/mol. The summed E-state index contributed by atoms with van der Waals surface area (Å²) in [4.78, 5) is 8.83. The van der Waals surface area contributed by atoms with E-state index < -0.39 is 4.92 Å². The third-order valence-corrected chi connectivity index (χ3v) is 0.532. The maximum absolute atomic E-state index is 9.62. The maximum atomic E-state index is 9.62. The van der Waals surface area contributed by atoms with Crippen molar-refractivity contribution >= 4 is 0 Å². The Morgan fingerprint density at radius 1 is 1.00 bits per heavy atom. The average molecular weight is 158 g/mol. The molecule has 0 saturated heterocycles. The van der Waals surface area contributed by atoms with E-state index >= 15 is 0 Å². The van der Waals surface area contributed by atoms with Gasteiger partial charge in [-0.15, -0.1) is 0 Å². The second kappa shape index (κ2) is 6.56. The Labute approximate surface area is 69.3 Å². The Morgan fingerprint density at radius 3 is 2.00 bits per heavy atom. The molecule has 0 atom stereocenters. The number of hydrogen-bond donors (Lipinski definition) is 1. The van der Waals surface area contributed by atoms with Crippen LogP contribution < -0.4 is 5.73 Å². The van der Waals surface area contributed by atoms with E-state index in [1.165, 1.54) is 0 Å². The van der Waals surface area contributed by atoms with Crippen molar-refractivity contribution < 1.29 is 4.92 Å². The number of nitro groups is 1. The molecule has 0 aromatic rings. The zero-order valence-corrected chi connectivity index (χ0v) is 5.84. The van der Waals surface area contributed by atoms with Crippen LogP contribution in [-0.2, 0) is 0 Å². The van der Waals surface area contributed by atoms with Gasteiger partial charge in [0.25, 0.3) is 0 Å². The minimum absolute atomic E-state index is 0.790. The molecule has 0 amide bonds. The van der Waals surface area contributed by atoms with Crippen molar-refractivity contribution in [3.05, 3.63) is 10.1 Å². The molecule has 0 radical (unpaired) electrons. The fourth-order valence-corrected chi connectivity index (χ4v) is 0.235. The minimum atomic E-state index is -0.790. The lowest BCUT2D eigenvalue weighted by molar-refractivity contribution is -0.379. The van der Waals surface area contributed by atoms with Crippen LogP contribution in [0.15, 0.2) is 0 Å². The molecule has 0 aromatic carbocycles. The van der Waals surface area contributed by atoms with E-state index in [1.54, 1.807) is 6.04 Å². The van der Waals surface area contributed by atoms with Crippen molar-refractivity contribution in [2.75, 3.05) is 0 Å². The van der Waals surface area contributed by atoms with Gasteiger partial charge in [0.2, 0.25) is 0 Å². The maximum Gasteiger partial charge on any atom is 0.304 e. The van der Waals surface area contributed by atoms with Gasteiger partial charge in [-0.05, 0) is 0 Å². The van der Waals surface area contributed by atoms with E-state index in [0.717, 1.165) is 0 Å². The summed E-state index contributed by atoms with van der Waals surface area (Å²) in [5.74, 6) is 13.1. The molecule has 0 spiro atoms. The van der Waals surface area contributed by atoms with Gasteiger partial charge in [-0.2, -0.15) is 0 Å². The summed E-state index contributed by atoms with van der Waals surface area (Å²) in [7, 11) is 0. The normalized spacial score (nSPS) is 4.67. The van der Waals surface area contributed by atoms with Crippen LogP contribution in [0.2, 0.25) is 0 Å². The molecule has 0 aromatic heterocycles. The van der Waals surface area contributed by atoms with Gasteiger partial charge in [-0.3, -0.25) is 0 Å². The molecule has 4 nitrogen and oxygen atoms in total. The van der Waals surface area contributed by atoms with E-state index in [0.29, 0.717) is 0 Å². The third-order valence-electron chi connectivity index (χ3n) is 0.532. The quantitative estimate of drug-likeness (QED) is 0.216. The fourth-order valence-electron chi connectivity index (χ4n) is 0.235. The van der Waals surface area contributed by atoms with Crippen molar-refractivity contribution in [3.8, 4) is 47.6 Å². The van der Waals surface area contributed by atoms with Gasteiger partial charge in [0.15, 0.2) is 0 Å². The molecule has 0 rings (SSSR count). The number of rotatable bonds is 0. The smallest absolute Gasteiger partial charge is 0.304 e. The minimum Gasteiger partial charge on any atom is -0.359 e. The van der Waals surface area contributed by atoms with Gasteiger partial charge in [-0.1, -0.05) is 0 Å². The van der Waals surface area contributed by atoms with Gasteiger partial charge < -0.3 is 5.73 Å². The van der Waals surface area contributed by atoms with Crippen LogP contribution in [0.4, 0.5) is 0 Å². The van der Waals surface area contributed by atoms with Crippen molar-refractivity contribution in [1.29, 1.82) is 0 Å². The fraction of sp³-hybridized carbons (Fsp3) is 0. The first-order chi connectivity index (χ1) is 5.77. The molecule has 4 heteroatoms. The molecule has 12 heavy (non-hydrogen) atoms. The highest BCUT2D eigenvalue weighted by Gasteiger charge is 1.76. The van der Waals surface area contributed by atoms with Crippen LogP contribution in [0.3, 0.4) is 0 Å². The second-order valence-electron chi connectivity index (χ2n) is 1.26. The number of nitrogens with two attached hydrogens (primary N) is 1. The monoisotopic (exact) mass is 158 g/mol. The molecular weight excluding hydrogens is 156 g/mol. The summed E-state index contributed by atoms with van der Waals surface area (Å²) in [5.41, 5.74) is 4.78. The predicted octanol–water partition coefficient (Wildman–Crippen LogP) is -0.850. The first-order valence-electron chi connectivity index (χ1n) is 2.63. The molecular formula is C8H2N2O2.